The molecule has 1 aromatic rings. The summed E-state index contributed by atoms with van der Waals surface area (Å²) in [4.78, 5) is 14.9. The van der Waals surface area contributed by atoms with Gasteiger partial charge in [-0.1, -0.05) is 0 Å². The van der Waals surface area contributed by atoms with Crippen LogP contribution in [-0.2, 0) is 4.79 Å². The normalized spacial score (nSPS) is 39.0. The van der Waals surface area contributed by atoms with E-state index in [0.29, 0.717) is 44.2 Å². The Bertz CT molecular complexity index is 742. The zero-order valence-electron chi connectivity index (χ0n) is 13.2. The first-order chi connectivity index (χ1) is 11.4. The lowest BCUT2D eigenvalue weighted by atomic mass is 9.82. The molecule has 0 N–H and O–H groups in total. The molecular formula is C18H18F3NO2. The van der Waals surface area contributed by atoms with Crippen molar-refractivity contribution in [2.75, 3.05) is 6.54 Å². The van der Waals surface area contributed by atoms with E-state index in [1.165, 1.54) is 6.07 Å². The minimum absolute atomic E-state index is 0.0585. The van der Waals surface area contributed by atoms with E-state index in [9.17, 15) is 18.0 Å². The van der Waals surface area contributed by atoms with Crippen LogP contribution in [0.1, 0.15) is 50.1 Å². The van der Waals surface area contributed by atoms with Crippen LogP contribution in [-0.4, -0.2) is 29.1 Å². The maximum atomic E-state index is 14.5. The number of carbonyl (C=O) groups is 1. The fraction of sp³-hybridized carbons (Fsp3) is 0.611. The number of hydrogen-bond donors (Lipinski definition) is 0. The van der Waals surface area contributed by atoms with Gasteiger partial charge in [0.05, 0.1) is 18.0 Å². The molecule has 6 heteroatoms. The molecule has 5 rings (SSSR count). The van der Waals surface area contributed by atoms with Crippen LogP contribution in [0.3, 0.4) is 0 Å². The summed E-state index contributed by atoms with van der Waals surface area (Å²) in [5.41, 5.74) is -1.43. The summed E-state index contributed by atoms with van der Waals surface area (Å²) in [5, 5.41) is 0. The number of benzene rings is 1. The number of rotatable bonds is 1. The number of alkyl halides is 1. The minimum Gasteiger partial charge on any atom is -0.485 e. The van der Waals surface area contributed by atoms with Gasteiger partial charge in [-0.15, -0.1) is 0 Å². The summed E-state index contributed by atoms with van der Waals surface area (Å²) >= 11 is 0. The SMILES string of the molecule is O=C(N1C[C@@H]2C[C@H]1c1cc(F)cc(F)c1O2)C12CCC(F)(CC1)C2. The third-order valence-electron chi connectivity index (χ3n) is 6.42. The number of nitrogens with zero attached hydrogens (tertiary/aromatic N) is 1. The van der Waals surface area contributed by atoms with E-state index in [1.807, 2.05) is 0 Å². The summed E-state index contributed by atoms with van der Waals surface area (Å²) in [6, 6.07) is 1.69. The molecule has 3 fully saturated rings. The van der Waals surface area contributed by atoms with Crippen LogP contribution < -0.4 is 4.74 Å². The molecule has 0 aromatic heterocycles. The predicted octanol–water partition coefficient (Wildman–Crippen LogP) is 3.67. The first-order valence-corrected chi connectivity index (χ1v) is 8.55. The van der Waals surface area contributed by atoms with Crippen LogP contribution in [0.5, 0.6) is 5.75 Å². The zero-order valence-corrected chi connectivity index (χ0v) is 13.2. The summed E-state index contributed by atoms with van der Waals surface area (Å²) in [6.07, 6.45) is 2.58. The molecule has 1 saturated heterocycles. The molecule has 4 aliphatic rings. The van der Waals surface area contributed by atoms with Crippen LogP contribution in [0, 0.1) is 17.0 Å². The summed E-state index contributed by atoms with van der Waals surface area (Å²) in [7, 11) is 0. The second kappa shape index (κ2) is 4.46. The van der Waals surface area contributed by atoms with Gasteiger partial charge in [0.15, 0.2) is 11.6 Å². The highest BCUT2D eigenvalue weighted by atomic mass is 19.1. The number of ether oxygens (including phenoxy) is 1. The smallest absolute Gasteiger partial charge is 0.229 e. The van der Waals surface area contributed by atoms with E-state index in [2.05, 4.69) is 0 Å². The average Bonchev–Trinajstić information content (AvgIpc) is 3.18. The molecule has 0 unspecified atom stereocenters. The lowest BCUT2D eigenvalue weighted by molar-refractivity contribution is -0.142. The fourth-order valence-corrected chi connectivity index (χ4v) is 5.25. The Morgan fingerprint density at radius 2 is 1.96 bits per heavy atom. The van der Waals surface area contributed by atoms with Crippen LogP contribution in [0.2, 0.25) is 0 Å². The van der Waals surface area contributed by atoms with Crippen molar-refractivity contribution in [3.63, 3.8) is 0 Å². The highest BCUT2D eigenvalue weighted by molar-refractivity contribution is 5.85. The molecule has 2 aliphatic heterocycles. The van der Waals surface area contributed by atoms with Crippen molar-refractivity contribution < 1.29 is 22.7 Å². The van der Waals surface area contributed by atoms with Gasteiger partial charge in [0, 0.05) is 18.1 Å². The zero-order chi connectivity index (χ0) is 16.7. The van der Waals surface area contributed by atoms with Crippen LogP contribution in [0.15, 0.2) is 12.1 Å². The first kappa shape index (κ1) is 14.6. The molecule has 0 radical (unpaired) electrons. The Hall–Kier alpha value is -1.72. The summed E-state index contributed by atoms with van der Waals surface area (Å²) in [6.45, 7) is 0.361. The van der Waals surface area contributed by atoms with Crippen molar-refractivity contribution in [2.24, 2.45) is 5.41 Å². The number of halogens is 3. The molecule has 4 bridgehead atoms. The van der Waals surface area contributed by atoms with Gasteiger partial charge in [-0.2, -0.15) is 0 Å². The van der Waals surface area contributed by atoms with E-state index in [-0.39, 0.29) is 30.2 Å². The molecule has 2 atom stereocenters. The molecule has 1 aromatic carbocycles. The molecule has 2 aliphatic carbocycles. The Balaban J connectivity index is 1.51. The molecule has 24 heavy (non-hydrogen) atoms. The van der Waals surface area contributed by atoms with Gasteiger partial charge in [0.2, 0.25) is 5.91 Å². The number of fused-ring (bicyclic) bond motifs is 6. The van der Waals surface area contributed by atoms with Crippen molar-refractivity contribution in [1.29, 1.82) is 0 Å². The van der Waals surface area contributed by atoms with Gasteiger partial charge >= 0.3 is 0 Å². The third-order valence-corrected chi connectivity index (χ3v) is 6.42. The van der Waals surface area contributed by atoms with Crippen molar-refractivity contribution in [3.05, 3.63) is 29.3 Å². The van der Waals surface area contributed by atoms with Crippen LogP contribution in [0.4, 0.5) is 13.2 Å². The monoisotopic (exact) mass is 337 g/mol. The van der Waals surface area contributed by atoms with Crippen LogP contribution >= 0.6 is 0 Å². The van der Waals surface area contributed by atoms with Crippen molar-refractivity contribution >= 4 is 5.91 Å². The molecule has 2 saturated carbocycles. The number of hydrogen-bond acceptors (Lipinski definition) is 2. The van der Waals surface area contributed by atoms with E-state index in [1.54, 1.807) is 4.90 Å². The van der Waals surface area contributed by atoms with E-state index < -0.39 is 22.7 Å². The fourth-order valence-electron chi connectivity index (χ4n) is 5.25. The molecular weight excluding hydrogens is 319 g/mol. The molecule has 128 valence electrons. The van der Waals surface area contributed by atoms with Gasteiger partial charge in [0.1, 0.15) is 17.6 Å². The number of carbonyl (C=O) groups excluding carboxylic acids is 1. The number of amides is 1. The Kier molecular flexibility index (Phi) is 2.72. The molecule has 0 spiro atoms. The Morgan fingerprint density at radius 1 is 1.21 bits per heavy atom. The Morgan fingerprint density at radius 3 is 2.62 bits per heavy atom. The van der Waals surface area contributed by atoms with Crippen molar-refractivity contribution in [2.45, 2.75) is 56.3 Å². The number of likely N-dealkylation sites (tertiary alicyclic amines) is 1. The van der Waals surface area contributed by atoms with Gasteiger partial charge in [-0.25, -0.2) is 13.2 Å². The van der Waals surface area contributed by atoms with Gasteiger partial charge < -0.3 is 9.64 Å². The lowest BCUT2D eigenvalue weighted by Gasteiger charge is -2.34. The van der Waals surface area contributed by atoms with Crippen molar-refractivity contribution in [1.82, 2.24) is 4.90 Å². The summed E-state index contributed by atoms with van der Waals surface area (Å²) in [5.74, 6) is -1.40. The van der Waals surface area contributed by atoms with Gasteiger partial charge in [-0.3, -0.25) is 4.79 Å². The predicted molar refractivity (Wildman–Crippen MR) is 79.2 cm³/mol. The highest BCUT2D eigenvalue weighted by Gasteiger charge is 2.61. The van der Waals surface area contributed by atoms with Crippen LogP contribution in [0.25, 0.3) is 0 Å². The quantitative estimate of drug-likeness (QED) is 0.782. The highest BCUT2D eigenvalue weighted by Crippen LogP contribution is 2.60. The van der Waals surface area contributed by atoms with E-state index in [4.69, 9.17) is 4.74 Å². The third kappa shape index (κ3) is 1.82. The maximum Gasteiger partial charge on any atom is 0.229 e. The second-order valence-corrected chi connectivity index (χ2v) is 7.86. The minimum atomic E-state index is -1.20. The average molecular weight is 337 g/mol. The van der Waals surface area contributed by atoms with Gasteiger partial charge in [-0.05, 0) is 38.2 Å². The largest absolute Gasteiger partial charge is 0.485 e. The lowest BCUT2D eigenvalue weighted by Crippen LogP contribution is -2.41. The standard InChI is InChI=1S/C18H18F3NO2/c19-10-5-12-14-7-11(24-15(12)13(20)6-10)8-22(14)16(23)17-1-3-18(21,9-17)4-2-17/h5-6,11,14H,1-4,7-9H2/t11-,14-,17?,18?/m0/s1. The van der Waals surface area contributed by atoms with E-state index in [0.717, 1.165) is 6.07 Å². The van der Waals surface area contributed by atoms with Gasteiger partial charge in [0.25, 0.3) is 0 Å². The molecule has 1 amide bonds. The molecule has 2 heterocycles. The Labute approximate surface area is 137 Å². The summed E-state index contributed by atoms with van der Waals surface area (Å²) < 4.78 is 47.8. The maximum absolute atomic E-state index is 14.5. The topological polar surface area (TPSA) is 29.5 Å². The van der Waals surface area contributed by atoms with E-state index >= 15 is 0 Å². The van der Waals surface area contributed by atoms with Crippen molar-refractivity contribution in [3.8, 4) is 5.75 Å². The second-order valence-electron chi connectivity index (χ2n) is 7.86. The first-order valence-electron chi connectivity index (χ1n) is 8.55. The molecule has 3 nitrogen and oxygen atoms in total.